The summed E-state index contributed by atoms with van der Waals surface area (Å²) in [5.74, 6) is -1.18. The van der Waals surface area contributed by atoms with E-state index in [-0.39, 0.29) is 11.6 Å². The Morgan fingerprint density at radius 3 is 2.03 bits per heavy atom. The van der Waals surface area contributed by atoms with Gasteiger partial charge in [0.2, 0.25) is 0 Å². The number of benzene rings is 2. The second-order valence-corrected chi connectivity index (χ2v) is 8.49. The molecule has 4 rings (SSSR count). The Kier molecular flexibility index (Phi) is 5.55. The third-order valence-electron chi connectivity index (χ3n) is 5.41. The van der Waals surface area contributed by atoms with E-state index < -0.39 is 11.8 Å². The van der Waals surface area contributed by atoms with Gasteiger partial charge < -0.3 is 0 Å². The average Bonchev–Trinajstić information content (AvgIpc) is 3.19. The number of allylic oxidation sites excluding steroid dienone is 2. The fraction of sp³-hybridized carbons (Fsp3) is 0.200. The van der Waals surface area contributed by atoms with Crippen molar-refractivity contribution in [2.75, 3.05) is 0 Å². The molecule has 0 spiro atoms. The third-order valence-corrected chi connectivity index (χ3v) is 6.20. The molecule has 5 heteroatoms. The fourth-order valence-corrected chi connectivity index (χ4v) is 4.69. The third kappa shape index (κ3) is 3.68. The van der Waals surface area contributed by atoms with E-state index in [4.69, 9.17) is 0 Å². The van der Waals surface area contributed by atoms with Crippen LogP contribution in [0.2, 0.25) is 0 Å². The van der Waals surface area contributed by atoms with Gasteiger partial charge in [-0.1, -0.05) is 60.7 Å². The van der Waals surface area contributed by atoms with E-state index in [9.17, 15) is 9.59 Å². The number of aliphatic imine (C=N–C) groups is 1. The molecule has 1 aliphatic heterocycles. The van der Waals surface area contributed by atoms with Gasteiger partial charge in [-0.2, -0.15) is 0 Å². The van der Waals surface area contributed by atoms with Crippen LogP contribution >= 0.6 is 11.3 Å². The zero-order valence-electron chi connectivity index (χ0n) is 17.1. The lowest BCUT2D eigenvalue weighted by Gasteiger charge is -2.31. The second kappa shape index (κ2) is 8.28. The number of carbonyl (C=O) groups excluding carboxylic acids is 2. The van der Waals surface area contributed by atoms with Crippen molar-refractivity contribution in [1.29, 1.82) is 0 Å². The van der Waals surface area contributed by atoms with Crippen molar-refractivity contribution >= 4 is 28.6 Å². The van der Waals surface area contributed by atoms with Crippen LogP contribution in [0.5, 0.6) is 0 Å². The SMILES string of the molecule is CC1=NC(C)=C(C(=O)c2ccccc2)C(c2csc(C)n2)C1C(=O)c1ccccc1. The Hall–Kier alpha value is -3.18. The van der Waals surface area contributed by atoms with E-state index in [1.165, 1.54) is 11.3 Å². The monoisotopic (exact) mass is 414 g/mol. The van der Waals surface area contributed by atoms with E-state index in [1.54, 1.807) is 12.1 Å². The minimum Gasteiger partial charge on any atom is -0.293 e. The molecule has 150 valence electrons. The molecular weight excluding hydrogens is 392 g/mol. The molecule has 0 fully saturated rings. The molecule has 2 atom stereocenters. The summed E-state index contributed by atoms with van der Waals surface area (Å²) in [5.41, 5.74) is 3.85. The minimum atomic E-state index is -0.569. The van der Waals surface area contributed by atoms with E-state index in [2.05, 4.69) is 9.98 Å². The summed E-state index contributed by atoms with van der Waals surface area (Å²) >= 11 is 1.52. The Morgan fingerprint density at radius 1 is 0.867 bits per heavy atom. The first-order chi connectivity index (χ1) is 14.5. The molecule has 1 aliphatic rings. The zero-order valence-corrected chi connectivity index (χ0v) is 17.9. The number of Topliss-reactive ketones (excluding diaryl/α,β-unsaturated/α-hetero) is 2. The summed E-state index contributed by atoms with van der Waals surface area (Å²) in [5, 5.41) is 2.86. The standard InChI is InChI=1S/C25H22N2O2S/c1-15-21(24(28)18-10-6-4-7-11-18)23(20-14-30-17(3)27-20)22(16(2)26-15)25(29)19-12-8-5-9-13-19/h4-14,21,23H,1-3H3. The van der Waals surface area contributed by atoms with Crippen molar-refractivity contribution < 1.29 is 9.59 Å². The van der Waals surface area contributed by atoms with Crippen molar-refractivity contribution in [3.63, 3.8) is 0 Å². The maximum absolute atomic E-state index is 13.6. The van der Waals surface area contributed by atoms with Crippen LogP contribution in [0.15, 0.2) is 82.3 Å². The predicted octanol–water partition coefficient (Wildman–Crippen LogP) is 5.67. The molecule has 0 aliphatic carbocycles. The van der Waals surface area contributed by atoms with Gasteiger partial charge in [0.05, 0.1) is 16.6 Å². The molecule has 1 aromatic heterocycles. The van der Waals surface area contributed by atoms with E-state index in [1.807, 2.05) is 74.7 Å². The van der Waals surface area contributed by atoms with E-state index >= 15 is 0 Å². The first-order valence-electron chi connectivity index (χ1n) is 9.84. The lowest BCUT2D eigenvalue weighted by Crippen LogP contribution is -2.35. The summed E-state index contributed by atoms with van der Waals surface area (Å²) in [6.07, 6.45) is 0. The first-order valence-corrected chi connectivity index (χ1v) is 10.7. The van der Waals surface area contributed by atoms with Gasteiger partial charge in [0, 0.05) is 39.4 Å². The lowest BCUT2D eigenvalue weighted by atomic mass is 9.72. The Morgan fingerprint density at radius 2 is 1.47 bits per heavy atom. The molecule has 30 heavy (non-hydrogen) atoms. The fourth-order valence-electron chi connectivity index (χ4n) is 4.04. The molecule has 0 bridgehead atoms. The van der Waals surface area contributed by atoms with Crippen LogP contribution in [0.4, 0.5) is 0 Å². The number of hydrogen-bond donors (Lipinski definition) is 0. The van der Waals surface area contributed by atoms with Crippen molar-refractivity contribution in [1.82, 2.24) is 4.98 Å². The highest BCUT2D eigenvalue weighted by molar-refractivity contribution is 7.09. The largest absolute Gasteiger partial charge is 0.293 e. The maximum Gasteiger partial charge on any atom is 0.191 e. The van der Waals surface area contributed by atoms with Crippen LogP contribution < -0.4 is 0 Å². The van der Waals surface area contributed by atoms with Gasteiger partial charge >= 0.3 is 0 Å². The van der Waals surface area contributed by atoms with Gasteiger partial charge in [0.25, 0.3) is 0 Å². The Bertz CT molecular complexity index is 1160. The molecule has 4 nitrogen and oxygen atoms in total. The summed E-state index contributed by atoms with van der Waals surface area (Å²) in [4.78, 5) is 36.5. The quantitative estimate of drug-likeness (QED) is 0.506. The number of ketones is 2. The predicted molar refractivity (Wildman–Crippen MR) is 120 cm³/mol. The second-order valence-electron chi connectivity index (χ2n) is 7.42. The van der Waals surface area contributed by atoms with Crippen molar-refractivity contribution in [2.24, 2.45) is 10.9 Å². The smallest absolute Gasteiger partial charge is 0.191 e. The molecule has 2 heterocycles. The highest BCUT2D eigenvalue weighted by Gasteiger charge is 2.42. The van der Waals surface area contributed by atoms with Crippen LogP contribution in [-0.4, -0.2) is 22.3 Å². The normalized spacial score (nSPS) is 18.8. The number of rotatable bonds is 5. The highest BCUT2D eigenvalue weighted by Crippen LogP contribution is 2.41. The van der Waals surface area contributed by atoms with Gasteiger partial charge in [-0.15, -0.1) is 11.3 Å². The molecular formula is C25H22N2O2S. The summed E-state index contributed by atoms with van der Waals surface area (Å²) in [7, 11) is 0. The number of aromatic nitrogens is 1. The Balaban J connectivity index is 1.88. The summed E-state index contributed by atoms with van der Waals surface area (Å²) in [6.45, 7) is 5.64. The molecule has 2 unspecified atom stereocenters. The number of hydrogen-bond acceptors (Lipinski definition) is 5. The van der Waals surface area contributed by atoms with Crippen LogP contribution in [0.25, 0.3) is 0 Å². The number of aryl methyl sites for hydroxylation is 1. The van der Waals surface area contributed by atoms with Gasteiger partial charge in [-0.3, -0.25) is 14.6 Å². The maximum atomic E-state index is 13.6. The molecule has 0 saturated heterocycles. The van der Waals surface area contributed by atoms with Gasteiger partial charge in [0.1, 0.15) is 0 Å². The van der Waals surface area contributed by atoms with E-state index in [0.29, 0.717) is 28.1 Å². The summed E-state index contributed by atoms with van der Waals surface area (Å²) in [6, 6.07) is 18.4. The Labute approximate surface area is 180 Å². The van der Waals surface area contributed by atoms with Gasteiger partial charge in [0.15, 0.2) is 11.6 Å². The highest BCUT2D eigenvalue weighted by atomic mass is 32.1. The zero-order chi connectivity index (χ0) is 21.3. The lowest BCUT2D eigenvalue weighted by molar-refractivity contribution is 0.0937. The molecule has 0 saturated carbocycles. The molecule has 2 aromatic carbocycles. The van der Waals surface area contributed by atoms with Crippen molar-refractivity contribution in [2.45, 2.75) is 26.7 Å². The number of nitrogens with zero attached hydrogens (tertiary/aromatic N) is 2. The molecule has 0 N–H and O–H groups in total. The van der Waals surface area contributed by atoms with Crippen LogP contribution in [0, 0.1) is 12.8 Å². The van der Waals surface area contributed by atoms with Gasteiger partial charge in [-0.05, 0) is 20.8 Å². The van der Waals surface area contributed by atoms with Crippen molar-refractivity contribution in [3.05, 3.63) is 99.1 Å². The molecule has 3 aromatic rings. The molecule has 0 amide bonds. The average molecular weight is 415 g/mol. The molecule has 0 radical (unpaired) electrons. The first kappa shape index (κ1) is 20.1. The summed E-state index contributed by atoms with van der Waals surface area (Å²) < 4.78 is 0. The van der Waals surface area contributed by atoms with Gasteiger partial charge in [-0.25, -0.2) is 4.98 Å². The van der Waals surface area contributed by atoms with Crippen molar-refractivity contribution in [3.8, 4) is 0 Å². The van der Waals surface area contributed by atoms with Crippen LogP contribution in [-0.2, 0) is 0 Å². The topological polar surface area (TPSA) is 59.4 Å². The van der Waals surface area contributed by atoms with E-state index in [0.717, 1.165) is 10.7 Å². The number of carbonyl (C=O) groups is 2. The minimum absolute atomic E-state index is 0.0432. The number of thiazole rings is 1. The van der Waals surface area contributed by atoms with Crippen LogP contribution in [0.3, 0.4) is 0 Å². The van der Waals surface area contributed by atoms with Crippen LogP contribution in [0.1, 0.15) is 51.2 Å².